The molecule has 0 atom stereocenters. The van der Waals surface area contributed by atoms with Gasteiger partial charge in [0.15, 0.2) is 0 Å². The third-order valence-electron chi connectivity index (χ3n) is 10.6. The number of rotatable bonds is 4. The van der Waals surface area contributed by atoms with Crippen molar-refractivity contribution in [3.05, 3.63) is 188 Å². The lowest BCUT2D eigenvalue weighted by Gasteiger charge is -2.18. The standard InChI is InChI=1S/C49H30F3N/c50-49(51,52)35-25-20-32(21-26-35)47-40-14-3-5-16-42(40)48(43-17-6-4-15-41(43)47)33-22-27-36(28-23-33)53-45-19-8-7-13-39(45)44-30-34(24-29-46(44)53)38-18-9-11-31-10-1-2-12-37(31)38/h1-30H. The molecule has 0 bridgehead atoms. The van der Waals surface area contributed by atoms with Crippen LogP contribution in [0.3, 0.4) is 0 Å². The summed E-state index contributed by atoms with van der Waals surface area (Å²) < 4.78 is 42.7. The van der Waals surface area contributed by atoms with Gasteiger partial charge in [0.2, 0.25) is 0 Å². The zero-order chi connectivity index (χ0) is 35.7. The van der Waals surface area contributed by atoms with Crippen molar-refractivity contribution < 1.29 is 13.2 Å². The Labute approximate surface area is 303 Å². The Kier molecular flexibility index (Phi) is 7.02. The molecule has 0 aliphatic rings. The Hall–Kier alpha value is -6.65. The average Bonchev–Trinajstić information content (AvgIpc) is 3.53. The van der Waals surface area contributed by atoms with E-state index >= 15 is 0 Å². The maximum atomic E-state index is 13.5. The van der Waals surface area contributed by atoms with Crippen LogP contribution in [0.1, 0.15) is 5.56 Å². The highest BCUT2D eigenvalue weighted by atomic mass is 19.4. The summed E-state index contributed by atoms with van der Waals surface area (Å²) in [7, 11) is 0. The Balaban J connectivity index is 1.13. The summed E-state index contributed by atoms with van der Waals surface area (Å²) >= 11 is 0. The summed E-state index contributed by atoms with van der Waals surface area (Å²) in [5, 5.41) is 8.95. The number of benzene rings is 9. The predicted molar refractivity (Wildman–Crippen MR) is 215 cm³/mol. The molecule has 0 fully saturated rings. The van der Waals surface area contributed by atoms with Gasteiger partial charge in [0.25, 0.3) is 0 Å². The molecule has 0 spiro atoms. The maximum Gasteiger partial charge on any atom is 0.416 e. The Morgan fingerprint density at radius 1 is 0.358 bits per heavy atom. The van der Waals surface area contributed by atoms with E-state index in [-0.39, 0.29) is 0 Å². The smallest absolute Gasteiger partial charge is 0.309 e. The van der Waals surface area contributed by atoms with Crippen molar-refractivity contribution in [3.8, 4) is 39.1 Å². The zero-order valence-corrected chi connectivity index (χ0v) is 28.4. The second-order valence-electron chi connectivity index (χ2n) is 13.6. The lowest BCUT2D eigenvalue weighted by atomic mass is 9.86. The van der Waals surface area contributed by atoms with Crippen molar-refractivity contribution in [2.75, 3.05) is 0 Å². The molecule has 1 heterocycles. The first kappa shape index (κ1) is 31.1. The number of fused-ring (bicyclic) bond motifs is 6. The summed E-state index contributed by atoms with van der Waals surface area (Å²) in [5.74, 6) is 0. The normalized spacial score (nSPS) is 12.1. The number of halogens is 3. The van der Waals surface area contributed by atoms with Crippen LogP contribution in [0.4, 0.5) is 13.2 Å². The minimum absolute atomic E-state index is 0.653. The van der Waals surface area contributed by atoms with Crippen LogP contribution in [0.5, 0.6) is 0 Å². The first-order valence-electron chi connectivity index (χ1n) is 17.7. The molecule has 0 saturated heterocycles. The molecule has 10 rings (SSSR count). The number of para-hydroxylation sites is 1. The fraction of sp³-hybridized carbons (Fsp3) is 0.0204. The largest absolute Gasteiger partial charge is 0.416 e. The van der Waals surface area contributed by atoms with Crippen molar-refractivity contribution in [2.24, 2.45) is 0 Å². The van der Waals surface area contributed by atoms with Gasteiger partial charge in [0.05, 0.1) is 16.6 Å². The lowest BCUT2D eigenvalue weighted by Crippen LogP contribution is -2.04. The molecule has 1 aromatic heterocycles. The van der Waals surface area contributed by atoms with Gasteiger partial charge < -0.3 is 4.57 Å². The van der Waals surface area contributed by atoms with Crippen LogP contribution >= 0.6 is 0 Å². The minimum Gasteiger partial charge on any atom is -0.309 e. The fourth-order valence-corrected chi connectivity index (χ4v) is 8.25. The number of hydrogen-bond donors (Lipinski definition) is 0. The summed E-state index contributed by atoms with van der Waals surface area (Å²) in [6.07, 6.45) is -4.39. The van der Waals surface area contributed by atoms with E-state index in [1.54, 1.807) is 12.1 Å². The highest BCUT2D eigenvalue weighted by molar-refractivity contribution is 6.21. The van der Waals surface area contributed by atoms with Gasteiger partial charge in [0, 0.05) is 16.5 Å². The van der Waals surface area contributed by atoms with Crippen LogP contribution in [0, 0.1) is 0 Å². The van der Waals surface area contributed by atoms with E-state index in [2.05, 4.69) is 138 Å². The monoisotopic (exact) mass is 689 g/mol. The zero-order valence-electron chi connectivity index (χ0n) is 28.4. The van der Waals surface area contributed by atoms with Gasteiger partial charge in [-0.15, -0.1) is 0 Å². The number of nitrogens with zero attached hydrogens (tertiary/aromatic N) is 1. The van der Waals surface area contributed by atoms with E-state index in [9.17, 15) is 13.2 Å². The molecule has 0 amide bonds. The molecule has 252 valence electrons. The fourth-order valence-electron chi connectivity index (χ4n) is 8.25. The van der Waals surface area contributed by atoms with Gasteiger partial charge in [0.1, 0.15) is 0 Å². The van der Waals surface area contributed by atoms with Gasteiger partial charge in [-0.25, -0.2) is 0 Å². The Bertz CT molecular complexity index is 2960. The van der Waals surface area contributed by atoms with Crippen LogP contribution in [-0.2, 0) is 6.18 Å². The number of aromatic nitrogens is 1. The van der Waals surface area contributed by atoms with Gasteiger partial charge in [-0.2, -0.15) is 13.2 Å². The molecule has 1 nitrogen and oxygen atoms in total. The summed E-state index contributed by atoms with van der Waals surface area (Å²) in [5.41, 5.74) is 8.94. The Morgan fingerprint density at radius 2 is 0.830 bits per heavy atom. The number of hydrogen-bond acceptors (Lipinski definition) is 0. The van der Waals surface area contributed by atoms with Gasteiger partial charge in [-0.1, -0.05) is 140 Å². The minimum atomic E-state index is -4.39. The molecule has 10 aromatic rings. The third kappa shape index (κ3) is 5.02. The topological polar surface area (TPSA) is 4.93 Å². The molecule has 0 aliphatic carbocycles. The molecule has 9 aromatic carbocycles. The second kappa shape index (κ2) is 12.0. The molecule has 0 saturated carbocycles. The van der Waals surface area contributed by atoms with Gasteiger partial charge in [-0.05, 0) is 108 Å². The molecular formula is C49H30F3N. The van der Waals surface area contributed by atoms with Crippen LogP contribution in [0.2, 0.25) is 0 Å². The SMILES string of the molecule is FC(F)(F)c1ccc(-c2c3ccccc3c(-c3ccc(-n4c5ccccc5c5cc(-c6cccc7ccccc67)ccc54)cc3)c3ccccc23)cc1. The van der Waals surface area contributed by atoms with Crippen molar-refractivity contribution in [3.63, 3.8) is 0 Å². The molecule has 0 N–H and O–H groups in total. The van der Waals surface area contributed by atoms with Gasteiger partial charge >= 0.3 is 6.18 Å². The average molecular weight is 690 g/mol. The first-order valence-corrected chi connectivity index (χ1v) is 17.7. The number of alkyl halides is 3. The Morgan fingerprint density at radius 3 is 1.43 bits per heavy atom. The van der Waals surface area contributed by atoms with Crippen molar-refractivity contribution >= 4 is 54.1 Å². The van der Waals surface area contributed by atoms with Crippen LogP contribution in [-0.4, -0.2) is 4.57 Å². The summed E-state index contributed by atoms with van der Waals surface area (Å²) in [6.45, 7) is 0. The van der Waals surface area contributed by atoms with E-state index in [0.717, 1.165) is 60.5 Å². The highest BCUT2D eigenvalue weighted by Gasteiger charge is 2.30. The molecule has 53 heavy (non-hydrogen) atoms. The quantitative estimate of drug-likeness (QED) is 0.162. The van der Waals surface area contributed by atoms with E-state index in [0.29, 0.717) is 0 Å². The molecule has 0 radical (unpaired) electrons. The van der Waals surface area contributed by atoms with Crippen molar-refractivity contribution in [2.45, 2.75) is 6.18 Å². The predicted octanol–water partition coefficient (Wildman–Crippen LogP) is 14.3. The van der Waals surface area contributed by atoms with Crippen LogP contribution in [0.15, 0.2) is 182 Å². The lowest BCUT2D eigenvalue weighted by molar-refractivity contribution is -0.137. The van der Waals surface area contributed by atoms with Crippen LogP contribution in [0.25, 0.3) is 93.2 Å². The maximum absolute atomic E-state index is 13.5. The molecular weight excluding hydrogens is 660 g/mol. The van der Waals surface area contributed by atoms with Gasteiger partial charge in [-0.3, -0.25) is 0 Å². The molecule has 4 heteroatoms. The summed E-state index contributed by atoms with van der Waals surface area (Å²) in [4.78, 5) is 0. The molecule has 0 aliphatic heterocycles. The first-order chi connectivity index (χ1) is 25.9. The van der Waals surface area contributed by atoms with Crippen molar-refractivity contribution in [1.29, 1.82) is 0 Å². The highest BCUT2D eigenvalue weighted by Crippen LogP contribution is 2.45. The van der Waals surface area contributed by atoms with E-state index < -0.39 is 11.7 Å². The summed E-state index contributed by atoms with van der Waals surface area (Å²) in [6, 6.07) is 61.0. The second-order valence-corrected chi connectivity index (χ2v) is 13.6. The van der Waals surface area contributed by atoms with E-state index in [1.807, 2.05) is 24.3 Å². The van der Waals surface area contributed by atoms with Crippen molar-refractivity contribution in [1.82, 2.24) is 4.57 Å². The van der Waals surface area contributed by atoms with E-state index in [1.165, 1.54) is 44.8 Å². The third-order valence-corrected chi connectivity index (χ3v) is 10.6. The van der Waals surface area contributed by atoms with Crippen LogP contribution < -0.4 is 0 Å². The molecule has 0 unspecified atom stereocenters. The van der Waals surface area contributed by atoms with E-state index in [4.69, 9.17) is 0 Å².